The number of halogens is 1. The van der Waals surface area contributed by atoms with E-state index in [0.29, 0.717) is 12.2 Å². The van der Waals surface area contributed by atoms with E-state index in [1.165, 1.54) is 0 Å². The van der Waals surface area contributed by atoms with Crippen molar-refractivity contribution in [3.05, 3.63) is 45.7 Å². The van der Waals surface area contributed by atoms with Crippen molar-refractivity contribution in [2.75, 3.05) is 5.73 Å². The molecule has 2 aromatic rings. The van der Waals surface area contributed by atoms with E-state index in [9.17, 15) is 5.11 Å². The Morgan fingerprint density at radius 2 is 2.06 bits per heavy atom. The first-order chi connectivity index (χ1) is 8.50. The van der Waals surface area contributed by atoms with Gasteiger partial charge in [0.2, 0.25) is 0 Å². The molecule has 0 aliphatic heterocycles. The third-order valence-electron chi connectivity index (χ3n) is 2.99. The number of nitrogens with zero attached hydrogens (tertiary/aromatic N) is 2. The zero-order chi connectivity index (χ0) is 13.3. The van der Waals surface area contributed by atoms with Crippen LogP contribution in [0, 0.1) is 13.8 Å². The van der Waals surface area contributed by atoms with Gasteiger partial charge in [0.1, 0.15) is 6.10 Å². The first-order valence-corrected chi connectivity index (χ1v) is 6.52. The number of hydrogen-bond acceptors (Lipinski definition) is 3. The van der Waals surface area contributed by atoms with Crippen molar-refractivity contribution in [1.29, 1.82) is 0 Å². The summed E-state index contributed by atoms with van der Waals surface area (Å²) in [6.07, 6.45) is -0.656. The minimum atomic E-state index is -0.656. The highest BCUT2D eigenvalue weighted by Gasteiger charge is 2.15. The van der Waals surface area contributed by atoms with Crippen LogP contribution in [0.3, 0.4) is 0 Å². The van der Waals surface area contributed by atoms with Crippen LogP contribution >= 0.6 is 15.9 Å². The molecule has 0 aliphatic rings. The van der Waals surface area contributed by atoms with Crippen LogP contribution in [0.25, 0.3) is 0 Å². The lowest BCUT2D eigenvalue weighted by Crippen LogP contribution is -2.12. The molecule has 0 saturated carbocycles. The first-order valence-electron chi connectivity index (χ1n) is 5.72. The van der Waals surface area contributed by atoms with Crippen LogP contribution in [0.4, 0.5) is 5.69 Å². The lowest BCUT2D eigenvalue weighted by Gasteiger charge is -2.14. The Morgan fingerprint density at radius 1 is 1.39 bits per heavy atom. The van der Waals surface area contributed by atoms with Gasteiger partial charge in [0.15, 0.2) is 0 Å². The summed E-state index contributed by atoms with van der Waals surface area (Å²) in [5, 5.41) is 14.6. The van der Waals surface area contributed by atoms with E-state index in [0.717, 1.165) is 21.4 Å². The zero-order valence-corrected chi connectivity index (χ0v) is 12.0. The second kappa shape index (κ2) is 5.12. The largest absolute Gasteiger partial charge is 0.398 e. The third kappa shape index (κ3) is 2.42. The van der Waals surface area contributed by atoms with Gasteiger partial charge in [0.05, 0.1) is 16.7 Å². The Morgan fingerprint density at radius 3 is 2.61 bits per heavy atom. The molecule has 1 heterocycles. The Labute approximate surface area is 115 Å². The third-order valence-corrected chi connectivity index (χ3v) is 4.14. The lowest BCUT2D eigenvalue weighted by atomic mass is 10.1. The molecule has 0 aliphatic carbocycles. The molecule has 1 unspecified atom stereocenters. The Balaban J connectivity index is 2.24. The van der Waals surface area contributed by atoms with Crippen LogP contribution in [0.15, 0.2) is 28.7 Å². The summed E-state index contributed by atoms with van der Waals surface area (Å²) in [7, 11) is 0. The highest BCUT2D eigenvalue weighted by molar-refractivity contribution is 9.10. The monoisotopic (exact) mass is 309 g/mol. The van der Waals surface area contributed by atoms with E-state index in [2.05, 4.69) is 21.0 Å². The molecule has 0 spiro atoms. The molecule has 4 nitrogen and oxygen atoms in total. The summed E-state index contributed by atoms with van der Waals surface area (Å²) >= 11 is 3.47. The number of anilines is 1. The van der Waals surface area contributed by atoms with Gasteiger partial charge in [-0.2, -0.15) is 5.10 Å². The van der Waals surface area contributed by atoms with Crippen LogP contribution < -0.4 is 5.73 Å². The number of nitrogen functional groups attached to an aromatic ring is 1. The molecule has 0 amide bonds. The van der Waals surface area contributed by atoms with Crippen molar-refractivity contribution >= 4 is 21.6 Å². The van der Waals surface area contributed by atoms with E-state index < -0.39 is 6.10 Å². The van der Waals surface area contributed by atoms with Crippen LogP contribution in [0.1, 0.15) is 23.1 Å². The number of aliphatic hydroxyl groups excluding tert-OH is 1. The minimum Gasteiger partial charge on any atom is -0.398 e. The molecule has 0 bridgehead atoms. The molecule has 5 heteroatoms. The van der Waals surface area contributed by atoms with E-state index in [1.54, 1.807) is 10.7 Å². The first kappa shape index (κ1) is 13.1. The summed E-state index contributed by atoms with van der Waals surface area (Å²) in [5.74, 6) is 0. The molecule has 1 aromatic heterocycles. The highest BCUT2D eigenvalue weighted by atomic mass is 79.9. The van der Waals surface area contributed by atoms with Crippen molar-refractivity contribution in [2.24, 2.45) is 0 Å². The lowest BCUT2D eigenvalue weighted by molar-refractivity contribution is 0.151. The summed E-state index contributed by atoms with van der Waals surface area (Å²) in [5.41, 5.74) is 9.11. The predicted octanol–water partition coefficient (Wildman–Crippen LogP) is 2.58. The second-order valence-corrected chi connectivity index (χ2v) is 5.10. The van der Waals surface area contributed by atoms with Crippen molar-refractivity contribution < 1.29 is 5.11 Å². The van der Waals surface area contributed by atoms with Crippen LogP contribution in [0.2, 0.25) is 0 Å². The maximum atomic E-state index is 10.2. The topological polar surface area (TPSA) is 64.1 Å². The number of benzene rings is 1. The average molecular weight is 310 g/mol. The number of aryl methyl sites for hydroxylation is 1. The van der Waals surface area contributed by atoms with Gasteiger partial charge < -0.3 is 10.8 Å². The maximum Gasteiger partial charge on any atom is 0.101 e. The van der Waals surface area contributed by atoms with Crippen molar-refractivity contribution in [2.45, 2.75) is 26.5 Å². The number of aromatic nitrogens is 2. The number of para-hydroxylation sites is 1. The number of hydrogen-bond donors (Lipinski definition) is 2. The number of aliphatic hydroxyl groups is 1. The summed E-state index contributed by atoms with van der Waals surface area (Å²) in [6.45, 7) is 4.29. The van der Waals surface area contributed by atoms with Gasteiger partial charge in [-0.3, -0.25) is 4.68 Å². The molecule has 2 rings (SSSR count). The molecular formula is C13H16BrN3O. The summed E-state index contributed by atoms with van der Waals surface area (Å²) in [6, 6.07) is 7.34. The Kier molecular flexibility index (Phi) is 3.73. The standard InChI is InChI=1S/C13H16BrN3O/c1-8-13(14)9(2)17(16-8)7-12(18)10-5-3-4-6-11(10)15/h3-6,12,18H,7,15H2,1-2H3. The van der Waals surface area contributed by atoms with Gasteiger partial charge in [0.25, 0.3) is 0 Å². The van der Waals surface area contributed by atoms with Crippen molar-refractivity contribution in [3.8, 4) is 0 Å². The molecule has 0 fully saturated rings. The van der Waals surface area contributed by atoms with Gasteiger partial charge in [-0.1, -0.05) is 18.2 Å². The van der Waals surface area contributed by atoms with Crippen LogP contribution in [-0.4, -0.2) is 14.9 Å². The number of rotatable bonds is 3. The van der Waals surface area contributed by atoms with Crippen LogP contribution in [-0.2, 0) is 6.54 Å². The number of nitrogens with two attached hydrogens (primary N) is 1. The van der Waals surface area contributed by atoms with E-state index in [4.69, 9.17) is 5.73 Å². The highest BCUT2D eigenvalue weighted by Crippen LogP contribution is 2.24. The quantitative estimate of drug-likeness (QED) is 0.857. The van der Waals surface area contributed by atoms with Gasteiger partial charge in [-0.15, -0.1) is 0 Å². The second-order valence-electron chi connectivity index (χ2n) is 4.31. The molecule has 0 radical (unpaired) electrons. The SMILES string of the molecule is Cc1nn(CC(O)c2ccccc2N)c(C)c1Br. The average Bonchev–Trinajstić information content (AvgIpc) is 2.57. The van der Waals surface area contributed by atoms with E-state index in [1.807, 2.05) is 32.0 Å². The fraction of sp³-hybridized carbons (Fsp3) is 0.308. The fourth-order valence-electron chi connectivity index (χ4n) is 1.93. The van der Waals surface area contributed by atoms with Gasteiger partial charge in [-0.05, 0) is 35.8 Å². The smallest absolute Gasteiger partial charge is 0.101 e. The Bertz CT molecular complexity index is 565. The molecule has 18 heavy (non-hydrogen) atoms. The van der Waals surface area contributed by atoms with Crippen molar-refractivity contribution in [1.82, 2.24) is 9.78 Å². The molecule has 1 atom stereocenters. The maximum absolute atomic E-state index is 10.2. The van der Waals surface area contributed by atoms with Crippen molar-refractivity contribution in [3.63, 3.8) is 0 Å². The molecule has 1 aromatic carbocycles. The summed E-state index contributed by atoms with van der Waals surface area (Å²) < 4.78 is 2.77. The zero-order valence-electron chi connectivity index (χ0n) is 10.4. The molecule has 96 valence electrons. The molecular weight excluding hydrogens is 294 g/mol. The van der Waals surface area contributed by atoms with Gasteiger partial charge >= 0.3 is 0 Å². The molecule has 0 saturated heterocycles. The fourth-order valence-corrected chi connectivity index (χ4v) is 2.21. The predicted molar refractivity (Wildman–Crippen MR) is 75.2 cm³/mol. The van der Waals surface area contributed by atoms with E-state index in [-0.39, 0.29) is 0 Å². The Hall–Kier alpha value is -1.33. The normalized spacial score (nSPS) is 12.7. The van der Waals surface area contributed by atoms with Gasteiger partial charge in [0, 0.05) is 16.9 Å². The van der Waals surface area contributed by atoms with E-state index >= 15 is 0 Å². The van der Waals surface area contributed by atoms with Gasteiger partial charge in [-0.25, -0.2) is 0 Å². The minimum absolute atomic E-state index is 0.395. The van der Waals surface area contributed by atoms with Crippen LogP contribution in [0.5, 0.6) is 0 Å². The summed E-state index contributed by atoms with van der Waals surface area (Å²) in [4.78, 5) is 0. The molecule has 3 N–H and O–H groups in total.